The zero-order valence-electron chi connectivity index (χ0n) is 9.76. The van der Waals surface area contributed by atoms with E-state index in [4.69, 9.17) is 15.8 Å². The summed E-state index contributed by atoms with van der Waals surface area (Å²) in [5.41, 5.74) is 2.39. The van der Waals surface area contributed by atoms with Gasteiger partial charge in [-0.3, -0.25) is 5.43 Å². The molecule has 1 heterocycles. The number of nitriles is 1. The van der Waals surface area contributed by atoms with Gasteiger partial charge in [-0.1, -0.05) is 0 Å². The van der Waals surface area contributed by atoms with E-state index in [0.29, 0.717) is 32.1 Å². The molecule has 92 valence electrons. The number of rotatable bonds is 7. The average molecular weight is 236 g/mol. The SMILES string of the molecule is COCCN(CCC#N)c1ccnc(NN)n1. The summed E-state index contributed by atoms with van der Waals surface area (Å²) >= 11 is 0. The van der Waals surface area contributed by atoms with Crippen LogP contribution in [-0.4, -0.2) is 36.8 Å². The van der Waals surface area contributed by atoms with Gasteiger partial charge in [-0.15, -0.1) is 0 Å². The topological polar surface area (TPSA) is 100 Å². The van der Waals surface area contributed by atoms with Crippen LogP contribution in [0.15, 0.2) is 12.3 Å². The Balaban J connectivity index is 2.75. The molecule has 0 atom stereocenters. The van der Waals surface area contributed by atoms with Crippen LogP contribution in [0.25, 0.3) is 0 Å². The molecule has 0 aliphatic heterocycles. The lowest BCUT2D eigenvalue weighted by molar-refractivity contribution is 0.205. The van der Waals surface area contributed by atoms with Crippen LogP contribution in [0.4, 0.5) is 11.8 Å². The summed E-state index contributed by atoms with van der Waals surface area (Å²) in [6.07, 6.45) is 2.04. The highest BCUT2D eigenvalue weighted by Gasteiger charge is 2.08. The highest BCUT2D eigenvalue weighted by atomic mass is 16.5. The van der Waals surface area contributed by atoms with Crippen molar-refractivity contribution in [3.63, 3.8) is 0 Å². The number of nitrogens with two attached hydrogens (primary N) is 1. The quantitative estimate of drug-likeness (QED) is 0.512. The second kappa shape index (κ2) is 7.38. The number of hydrogen-bond donors (Lipinski definition) is 2. The molecule has 1 rings (SSSR count). The molecule has 0 amide bonds. The minimum atomic E-state index is 0.349. The first kappa shape index (κ1) is 13.2. The summed E-state index contributed by atoms with van der Waals surface area (Å²) < 4.78 is 5.02. The van der Waals surface area contributed by atoms with Crippen molar-refractivity contribution < 1.29 is 4.74 Å². The molecule has 0 aliphatic rings. The molecule has 0 bridgehead atoms. The Morgan fingerprint density at radius 3 is 3.06 bits per heavy atom. The van der Waals surface area contributed by atoms with E-state index < -0.39 is 0 Å². The number of nitrogen functional groups attached to an aromatic ring is 1. The van der Waals surface area contributed by atoms with Crippen LogP contribution >= 0.6 is 0 Å². The molecule has 0 aliphatic carbocycles. The van der Waals surface area contributed by atoms with Gasteiger partial charge in [-0.25, -0.2) is 10.8 Å². The van der Waals surface area contributed by atoms with Crippen molar-refractivity contribution in [2.75, 3.05) is 37.1 Å². The van der Waals surface area contributed by atoms with Crippen molar-refractivity contribution >= 4 is 11.8 Å². The van der Waals surface area contributed by atoms with Gasteiger partial charge in [0.1, 0.15) is 5.82 Å². The molecule has 0 saturated heterocycles. The molecule has 0 fully saturated rings. The van der Waals surface area contributed by atoms with Gasteiger partial charge >= 0.3 is 0 Å². The molecule has 7 heteroatoms. The average Bonchev–Trinajstić information content (AvgIpc) is 2.39. The first-order chi connectivity index (χ1) is 8.31. The standard InChI is InChI=1S/C10H16N6O/c1-17-8-7-16(6-2-4-11)9-3-5-13-10(14-9)15-12/h3,5H,2,6-8,12H2,1H3,(H,13,14,15). The van der Waals surface area contributed by atoms with E-state index in [9.17, 15) is 0 Å². The van der Waals surface area contributed by atoms with Gasteiger partial charge in [-0.05, 0) is 6.07 Å². The van der Waals surface area contributed by atoms with Crippen molar-refractivity contribution in [3.8, 4) is 6.07 Å². The molecule has 7 nitrogen and oxygen atoms in total. The molecule has 0 spiro atoms. The van der Waals surface area contributed by atoms with E-state index in [-0.39, 0.29) is 0 Å². The summed E-state index contributed by atoms with van der Waals surface area (Å²) in [5, 5.41) is 8.62. The number of anilines is 2. The summed E-state index contributed by atoms with van der Waals surface area (Å²) in [6, 6.07) is 3.88. The van der Waals surface area contributed by atoms with Crippen molar-refractivity contribution in [2.24, 2.45) is 5.84 Å². The minimum absolute atomic E-state index is 0.349. The largest absolute Gasteiger partial charge is 0.383 e. The molecule has 17 heavy (non-hydrogen) atoms. The van der Waals surface area contributed by atoms with Gasteiger partial charge in [0.15, 0.2) is 0 Å². The molecule has 0 saturated carbocycles. The van der Waals surface area contributed by atoms with Crippen molar-refractivity contribution in [1.29, 1.82) is 5.26 Å². The highest BCUT2D eigenvalue weighted by Crippen LogP contribution is 2.11. The Kier molecular flexibility index (Phi) is 5.71. The number of nitrogens with zero attached hydrogens (tertiary/aromatic N) is 4. The molecule has 1 aromatic rings. The first-order valence-corrected chi connectivity index (χ1v) is 5.22. The summed E-state index contributed by atoms with van der Waals surface area (Å²) in [4.78, 5) is 10.1. The lowest BCUT2D eigenvalue weighted by Gasteiger charge is -2.22. The maximum atomic E-state index is 8.62. The van der Waals surface area contributed by atoms with Crippen LogP contribution < -0.4 is 16.2 Å². The zero-order valence-corrected chi connectivity index (χ0v) is 9.76. The van der Waals surface area contributed by atoms with Crippen LogP contribution in [0, 0.1) is 11.3 Å². The molecule has 3 N–H and O–H groups in total. The fourth-order valence-electron chi connectivity index (χ4n) is 1.32. The van der Waals surface area contributed by atoms with Crippen LogP contribution in [-0.2, 0) is 4.74 Å². The number of methoxy groups -OCH3 is 1. The molecule has 1 aromatic heterocycles. The third-order valence-corrected chi connectivity index (χ3v) is 2.15. The Hall–Kier alpha value is -1.91. The lowest BCUT2D eigenvalue weighted by Crippen LogP contribution is -2.29. The third kappa shape index (κ3) is 4.22. The fourth-order valence-corrected chi connectivity index (χ4v) is 1.32. The van der Waals surface area contributed by atoms with Gasteiger partial charge in [0.05, 0.1) is 19.1 Å². The van der Waals surface area contributed by atoms with Crippen LogP contribution in [0.3, 0.4) is 0 Å². The number of hydrazine groups is 1. The molecule has 0 aromatic carbocycles. The number of nitrogens with one attached hydrogen (secondary N) is 1. The monoisotopic (exact) mass is 236 g/mol. The Morgan fingerprint density at radius 2 is 2.41 bits per heavy atom. The van der Waals surface area contributed by atoms with Crippen molar-refractivity contribution in [1.82, 2.24) is 9.97 Å². The smallest absolute Gasteiger partial charge is 0.239 e. The number of hydrogen-bond acceptors (Lipinski definition) is 7. The van der Waals surface area contributed by atoms with Crippen molar-refractivity contribution in [3.05, 3.63) is 12.3 Å². The Labute approximate surface area is 100 Å². The molecular formula is C10H16N6O. The van der Waals surface area contributed by atoms with Gasteiger partial charge < -0.3 is 9.64 Å². The van der Waals surface area contributed by atoms with Crippen molar-refractivity contribution in [2.45, 2.75) is 6.42 Å². The van der Waals surface area contributed by atoms with Crippen LogP contribution in [0.1, 0.15) is 6.42 Å². The summed E-state index contributed by atoms with van der Waals surface area (Å²) in [7, 11) is 1.63. The maximum absolute atomic E-state index is 8.62. The van der Waals surface area contributed by atoms with Crippen LogP contribution in [0.2, 0.25) is 0 Å². The van der Waals surface area contributed by atoms with E-state index in [1.165, 1.54) is 0 Å². The summed E-state index contributed by atoms with van der Waals surface area (Å²) in [6.45, 7) is 1.83. The Morgan fingerprint density at radius 1 is 1.59 bits per heavy atom. The van der Waals surface area contributed by atoms with E-state index in [1.54, 1.807) is 19.4 Å². The Bertz CT molecular complexity index is 377. The van der Waals surface area contributed by atoms with E-state index >= 15 is 0 Å². The number of ether oxygens (including phenoxy) is 1. The number of aromatic nitrogens is 2. The predicted octanol–water partition coefficient (Wildman–Crippen LogP) is 0.129. The minimum Gasteiger partial charge on any atom is -0.383 e. The molecular weight excluding hydrogens is 220 g/mol. The second-order valence-corrected chi connectivity index (χ2v) is 3.27. The fraction of sp³-hybridized carbons (Fsp3) is 0.500. The van der Waals surface area contributed by atoms with Gasteiger partial charge in [0.25, 0.3) is 0 Å². The lowest BCUT2D eigenvalue weighted by atomic mass is 10.4. The van der Waals surface area contributed by atoms with Crippen LogP contribution in [0.5, 0.6) is 0 Å². The summed E-state index contributed by atoms with van der Waals surface area (Å²) in [5.74, 6) is 6.32. The highest BCUT2D eigenvalue weighted by molar-refractivity contribution is 5.42. The zero-order chi connectivity index (χ0) is 12.5. The van der Waals surface area contributed by atoms with E-state index in [2.05, 4.69) is 21.5 Å². The second-order valence-electron chi connectivity index (χ2n) is 3.27. The normalized spacial score (nSPS) is 9.71. The van der Waals surface area contributed by atoms with Gasteiger partial charge in [0, 0.05) is 26.4 Å². The van der Waals surface area contributed by atoms with Gasteiger partial charge in [-0.2, -0.15) is 10.2 Å². The first-order valence-electron chi connectivity index (χ1n) is 5.22. The van der Waals surface area contributed by atoms with E-state index in [1.807, 2.05) is 4.90 Å². The van der Waals surface area contributed by atoms with Gasteiger partial charge in [0.2, 0.25) is 5.95 Å². The van der Waals surface area contributed by atoms with E-state index in [0.717, 1.165) is 5.82 Å². The molecule has 0 unspecified atom stereocenters. The predicted molar refractivity (Wildman–Crippen MR) is 64.2 cm³/mol. The third-order valence-electron chi connectivity index (χ3n) is 2.15. The maximum Gasteiger partial charge on any atom is 0.239 e. The molecule has 0 radical (unpaired) electrons.